The lowest BCUT2D eigenvalue weighted by atomic mass is 9.88. The van der Waals surface area contributed by atoms with Crippen LogP contribution in [0.2, 0.25) is 0 Å². The predicted octanol–water partition coefficient (Wildman–Crippen LogP) is 14.1. The first-order chi connectivity index (χ1) is 25.2. The number of thiophene rings is 1. The van der Waals surface area contributed by atoms with E-state index >= 15 is 0 Å². The first-order valence-electron chi connectivity index (χ1n) is 17.7. The Morgan fingerprint density at radius 3 is 1.80 bits per heavy atom. The van der Waals surface area contributed by atoms with Gasteiger partial charge in [-0.05, 0) is 90.8 Å². The monoisotopic (exact) mass is 667 g/mol. The molecule has 2 heteroatoms. The third-order valence-corrected chi connectivity index (χ3v) is 11.6. The highest BCUT2D eigenvalue weighted by molar-refractivity contribution is 7.25. The molecule has 1 nitrogen and oxygen atoms in total. The van der Waals surface area contributed by atoms with E-state index in [1.807, 2.05) is 11.3 Å². The van der Waals surface area contributed by atoms with Gasteiger partial charge in [-0.25, -0.2) is 4.98 Å². The molecule has 0 saturated carbocycles. The van der Waals surface area contributed by atoms with Gasteiger partial charge in [-0.15, -0.1) is 11.3 Å². The molecule has 0 fully saturated rings. The summed E-state index contributed by atoms with van der Waals surface area (Å²) in [5, 5.41) is 10.3. The molecular formula is C49H33NS. The second-order valence-electron chi connectivity index (χ2n) is 13.3. The van der Waals surface area contributed by atoms with Crippen LogP contribution in [0, 0.1) is 0 Å². The van der Waals surface area contributed by atoms with Crippen LogP contribution in [0.1, 0.15) is 12.5 Å². The van der Waals surface area contributed by atoms with Crippen LogP contribution in [0.3, 0.4) is 0 Å². The lowest BCUT2D eigenvalue weighted by molar-refractivity contribution is 1.11. The van der Waals surface area contributed by atoms with Crippen molar-refractivity contribution >= 4 is 63.8 Å². The zero-order valence-corrected chi connectivity index (χ0v) is 29.0. The van der Waals surface area contributed by atoms with E-state index in [4.69, 9.17) is 4.98 Å². The minimum Gasteiger partial charge on any atom is -0.247 e. The molecule has 0 spiro atoms. The Kier molecular flexibility index (Phi) is 7.04. The van der Waals surface area contributed by atoms with E-state index in [0.717, 1.165) is 28.9 Å². The fourth-order valence-electron chi connectivity index (χ4n) is 8.09. The van der Waals surface area contributed by atoms with Crippen molar-refractivity contribution in [3.8, 4) is 44.8 Å². The van der Waals surface area contributed by atoms with Crippen LogP contribution in [-0.2, 0) is 6.42 Å². The third-order valence-electron chi connectivity index (χ3n) is 10.5. The molecule has 8 aromatic carbocycles. The van der Waals surface area contributed by atoms with Gasteiger partial charge in [0.15, 0.2) is 0 Å². The molecule has 0 bridgehead atoms. The van der Waals surface area contributed by atoms with Crippen molar-refractivity contribution in [1.29, 1.82) is 0 Å². The van der Waals surface area contributed by atoms with Gasteiger partial charge in [-0.1, -0.05) is 153 Å². The number of aromatic nitrogens is 1. The van der Waals surface area contributed by atoms with Crippen LogP contribution >= 0.6 is 11.3 Å². The summed E-state index contributed by atoms with van der Waals surface area (Å²) < 4.78 is 2.65. The van der Waals surface area contributed by atoms with E-state index in [1.165, 1.54) is 80.3 Å². The molecule has 10 aromatic rings. The minimum absolute atomic E-state index is 0.895. The molecular weight excluding hydrogens is 635 g/mol. The Labute approximate surface area is 301 Å². The van der Waals surface area contributed by atoms with Crippen LogP contribution in [0.15, 0.2) is 170 Å². The summed E-state index contributed by atoms with van der Waals surface area (Å²) >= 11 is 1.88. The highest BCUT2D eigenvalue weighted by Crippen LogP contribution is 2.44. The quantitative estimate of drug-likeness (QED) is 0.167. The Morgan fingerprint density at radius 2 is 1.02 bits per heavy atom. The molecule has 51 heavy (non-hydrogen) atoms. The molecule has 0 aliphatic heterocycles. The molecule has 240 valence electrons. The summed E-state index contributed by atoms with van der Waals surface area (Å²) in [5.41, 5.74) is 10.5. The topological polar surface area (TPSA) is 12.9 Å². The van der Waals surface area contributed by atoms with E-state index in [0.29, 0.717) is 0 Å². The number of fused-ring (bicyclic) bond motifs is 9. The van der Waals surface area contributed by atoms with Gasteiger partial charge in [0, 0.05) is 31.3 Å². The largest absolute Gasteiger partial charge is 0.247 e. The van der Waals surface area contributed by atoms with Crippen LogP contribution in [0.5, 0.6) is 0 Å². The zero-order chi connectivity index (χ0) is 33.9. The fraction of sp³-hybridized carbons (Fsp3) is 0.0408. The van der Waals surface area contributed by atoms with Crippen molar-refractivity contribution in [3.05, 3.63) is 175 Å². The molecule has 0 atom stereocenters. The molecule has 0 aliphatic carbocycles. The number of nitrogens with zero attached hydrogens (tertiary/aromatic N) is 1. The summed E-state index contributed by atoms with van der Waals surface area (Å²) in [6.07, 6.45) is 0.895. The van der Waals surface area contributed by atoms with Crippen LogP contribution in [-0.4, -0.2) is 4.98 Å². The maximum absolute atomic E-state index is 5.43. The number of hydrogen-bond acceptors (Lipinski definition) is 2. The highest BCUT2D eigenvalue weighted by atomic mass is 32.1. The second-order valence-corrected chi connectivity index (χ2v) is 14.4. The molecule has 0 radical (unpaired) electrons. The molecule has 0 N–H and O–H groups in total. The zero-order valence-electron chi connectivity index (χ0n) is 28.2. The normalized spacial score (nSPS) is 11.7. The summed E-state index contributed by atoms with van der Waals surface area (Å²) in [4.78, 5) is 5.43. The maximum atomic E-state index is 5.43. The van der Waals surface area contributed by atoms with Gasteiger partial charge in [0.05, 0.1) is 11.4 Å². The van der Waals surface area contributed by atoms with Crippen molar-refractivity contribution in [2.75, 3.05) is 0 Å². The molecule has 0 unspecified atom stereocenters. The van der Waals surface area contributed by atoms with Crippen molar-refractivity contribution in [3.63, 3.8) is 0 Å². The molecule has 10 rings (SSSR count). The Hall–Kier alpha value is -6.09. The standard InChI is InChI=1S/C49H33NS/c1-2-35-43(31-14-5-3-6-15-31)30-45(50-49(35)32-16-7-4-8-17-32)34-25-27-42-44(28-34)38-19-10-9-18-37(38)41-22-13-21-36(48(41)42)33-24-26-40-39-20-11-12-23-46(39)51-47(40)29-33/h3-30H,2H2,1H3. The van der Waals surface area contributed by atoms with Crippen molar-refractivity contribution < 1.29 is 0 Å². The van der Waals surface area contributed by atoms with E-state index in [2.05, 4.69) is 177 Å². The SMILES string of the molecule is CCc1c(-c2ccccc2)cc(-c2ccc3c(c2)c2ccccc2c2cccc(-c4ccc5c(c4)sc4ccccc45)c23)nc1-c1ccccc1. The van der Waals surface area contributed by atoms with Gasteiger partial charge in [0.1, 0.15) is 0 Å². The average Bonchev–Trinajstić information content (AvgIpc) is 3.58. The van der Waals surface area contributed by atoms with Gasteiger partial charge in [-0.2, -0.15) is 0 Å². The first kappa shape index (κ1) is 29.8. The Morgan fingerprint density at radius 1 is 0.412 bits per heavy atom. The molecule has 0 saturated heterocycles. The number of rotatable bonds is 5. The van der Waals surface area contributed by atoms with Gasteiger partial charge >= 0.3 is 0 Å². The fourth-order valence-corrected chi connectivity index (χ4v) is 9.23. The maximum Gasteiger partial charge on any atom is 0.0747 e. The average molecular weight is 668 g/mol. The van der Waals surface area contributed by atoms with Crippen molar-refractivity contribution in [2.45, 2.75) is 13.3 Å². The van der Waals surface area contributed by atoms with Gasteiger partial charge in [-0.3, -0.25) is 0 Å². The van der Waals surface area contributed by atoms with Gasteiger partial charge in [0.2, 0.25) is 0 Å². The summed E-state index contributed by atoms with van der Waals surface area (Å²) in [7, 11) is 0. The van der Waals surface area contributed by atoms with E-state index in [1.54, 1.807) is 0 Å². The lowest BCUT2D eigenvalue weighted by Crippen LogP contribution is -1.99. The summed E-state index contributed by atoms with van der Waals surface area (Å²) in [5.74, 6) is 0. The number of hydrogen-bond donors (Lipinski definition) is 0. The molecule has 0 aliphatic rings. The van der Waals surface area contributed by atoms with Crippen LogP contribution < -0.4 is 0 Å². The Balaban J connectivity index is 1.23. The predicted molar refractivity (Wildman–Crippen MR) is 221 cm³/mol. The van der Waals surface area contributed by atoms with E-state index in [-0.39, 0.29) is 0 Å². The number of pyridine rings is 1. The third kappa shape index (κ3) is 4.86. The minimum atomic E-state index is 0.895. The first-order valence-corrected chi connectivity index (χ1v) is 18.5. The van der Waals surface area contributed by atoms with Crippen LogP contribution in [0.4, 0.5) is 0 Å². The molecule has 2 heterocycles. The Bertz CT molecular complexity index is 2880. The lowest BCUT2D eigenvalue weighted by Gasteiger charge is -2.18. The van der Waals surface area contributed by atoms with Gasteiger partial charge < -0.3 is 0 Å². The number of benzene rings is 8. The van der Waals surface area contributed by atoms with Crippen molar-refractivity contribution in [1.82, 2.24) is 4.98 Å². The molecule has 0 amide bonds. The highest BCUT2D eigenvalue weighted by Gasteiger charge is 2.18. The smallest absolute Gasteiger partial charge is 0.0747 e. The summed E-state index contributed by atoms with van der Waals surface area (Å²) in [6, 6.07) is 62.1. The second kappa shape index (κ2) is 12.1. The summed E-state index contributed by atoms with van der Waals surface area (Å²) in [6.45, 7) is 2.24. The van der Waals surface area contributed by atoms with Gasteiger partial charge in [0.25, 0.3) is 0 Å². The van der Waals surface area contributed by atoms with Crippen molar-refractivity contribution in [2.24, 2.45) is 0 Å². The van der Waals surface area contributed by atoms with E-state index in [9.17, 15) is 0 Å². The van der Waals surface area contributed by atoms with Crippen LogP contribution in [0.25, 0.3) is 97.3 Å². The van der Waals surface area contributed by atoms with E-state index < -0.39 is 0 Å². The molecule has 2 aromatic heterocycles.